The average Bonchev–Trinajstić information content (AvgIpc) is 3.16. The molecule has 0 heterocycles. The van der Waals surface area contributed by atoms with Crippen LogP contribution >= 0.6 is 0 Å². The van der Waals surface area contributed by atoms with E-state index in [0.29, 0.717) is 5.56 Å². The van der Waals surface area contributed by atoms with Crippen LogP contribution in [0.5, 0.6) is 0 Å². The molecule has 3 aromatic rings. The molecular formula is C26H23FN2O5. The SMILES string of the molecule is O=C(CNC(=O)OCC1c2ccccc2-c2ccccc21)N[C@@H](Cc1ccc(F)cc1)C(=O)O. The van der Waals surface area contributed by atoms with Gasteiger partial charge >= 0.3 is 12.1 Å². The van der Waals surface area contributed by atoms with Crippen molar-refractivity contribution in [2.45, 2.75) is 18.4 Å². The molecule has 1 aliphatic carbocycles. The Kier molecular flexibility index (Phi) is 6.87. The fraction of sp³-hybridized carbons (Fsp3) is 0.192. The number of benzene rings is 3. The molecule has 0 aromatic heterocycles. The van der Waals surface area contributed by atoms with E-state index in [4.69, 9.17) is 4.74 Å². The number of ether oxygens (including phenoxy) is 1. The number of hydrogen-bond acceptors (Lipinski definition) is 4. The molecule has 3 aromatic carbocycles. The Morgan fingerprint density at radius 1 is 0.912 bits per heavy atom. The number of carboxylic acids is 1. The van der Waals surface area contributed by atoms with Crippen LogP contribution in [-0.4, -0.2) is 42.3 Å². The van der Waals surface area contributed by atoms with E-state index in [2.05, 4.69) is 10.6 Å². The van der Waals surface area contributed by atoms with Crippen LogP contribution in [0.4, 0.5) is 9.18 Å². The van der Waals surface area contributed by atoms with Crippen molar-refractivity contribution in [1.29, 1.82) is 0 Å². The molecule has 4 rings (SSSR count). The minimum Gasteiger partial charge on any atom is -0.480 e. The largest absolute Gasteiger partial charge is 0.480 e. The van der Waals surface area contributed by atoms with Crippen molar-refractivity contribution < 1.29 is 28.6 Å². The van der Waals surface area contributed by atoms with Gasteiger partial charge in [-0.05, 0) is 39.9 Å². The first-order valence-electron chi connectivity index (χ1n) is 10.8. The number of nitrogens with one attached hydrogen (secondary N) is 2. The lowest BCUT2D eigenvalue weighted by molar-refractivity contribution is -0.141. The number of hydrogen-bond donors (Lipinski definition) is 3. The van der Waals surface area contributed by atoms with E-state index in [1.807, 2.05) is 48.5 Å². The van der Waals surface area contributed by atoms with Gasteiger partial charge in [-0.3, -0.25) is 4.79 Å². The molecule has 8 heteroatoms. The van der Waals surface area contributed by atoms with Gasteiger partial charge in [0.05, 0.1) is 0 Å². The predicted octanol–water partition coefficient (Wildman–Crippen LogP) is 3.48. The van der Waals surface area contributed by atoms with E-state index in [1.165, 1.54) is 24.3 Å². The molecule has 1 aliphatic rings. The Hall–Kier alpha value is -4.20. The molecule has 0 bridgehead atoms. The minimum atomic E-state index is -1.24. The number of alkyl carbamates (subject to hydrolysis) is 1. The molecule has 0 saturated carbocycles. The lowest BCUT2D eigenvalue weighted by atomic mass is 9.98. The summed E-state index contributed by atoms with van der Waals surface area (Å²) in [6, 6.07) is 20.0. The first-order chi connectivity index (χ1) is 16.4. The second-order valence-corrected chi connectivity index (χ2v) is 7.97. The smallest absolute Gasteiger partial charge is 0.407 e. The Labute approximate surface area is 195 Å². The van der Waals surface area contributed by atoms with Crippen molar-refractivity contribution in [3.63, 3.8) is 0 Å². The molecule has 174 valence electrons. The lowest BCUT2D eigenvalue weighted by Gasteiger charge is -2.16. The van der Waals surface area contributed by atoms with Gasteiger partial charge in [-0.1, -0.05) is 60.7 Å². The maximum atomic E-state index is 13.0. The average molecular weight is 462 g/mol. The molecule has 0 fully saturated rings. The highest BCUT2D eigenvalue weighted by atomic mass is 19.1. The molecule has 0 saturated heterocycles. The molecule has 0 spiro atoms. The molecular weight excluding hydrogens is 439 g/mol. The zero-order valence-corrected chi connectivity index (χ0v) is 18.2. The highest BCUT2D eigenvalue weighted by Gasteiger charge is 2.29. The van der Waals surface area contributed by atoms with Crippen molar-refractivity contribution in [1.82, 2.24) is 10.6 Å². The second-order valence-electron chi connectivity index (χ2n) is 7.97. The maximum absolute atomic E-state index is 13.0. The van der Waals surface area contributed by atoms with Crippen molar-refractivity contribution in [2.75, 3.05) is 13.2 Å². The maximum Gasteiger partial charge on any atom is 0.407 e. The van der Waals surface area contributed by atoms with E-state index in [0.717, 1.165) is 22.3 Å². The molecule has 0 unspecified atom stereocenters. The van der Waals surface area contributed by atoms with E-state index < -0.39 is 36.4 Å². The normalized spacial score (nSPS) is 12.9. The summed E-state index contributed by atoms with van der Waals surface area (Å²) >= 11 is 0. The van der Waals surface area contributed by atoms with Crippen molar-refractivity contribution in [2.24, 2.45) is 0 Å². The van der Waals surface area contributed by atoms with Gasteiger partial charge in [0.1, 0.15) is 25.0 Å². The summed E-state index contributed by atoms with van der Waals surface area (Å²) in [5, 5.41) is 14.1. The number of amides is 2. The number of carbonyl (C=O) groups excluding carboxylic acids is 2. The van der Waals surface area contributed by atoms with Gasteiger partial charge in [0.25, 0.3) is 0 Å². The van der Waals surface area contributed by atoms with Crippen molar-refractivity contribution in [3.8, 4) is 11.1 Å². The Morgan fingerprint density at radius 2 is 1.50 bits per heavy atom. The van der Waals surface area contributed by atoms with Gasteiger partial charge in [-0.25, -0.2) is 14.0 Å². The summed E-state index contributed by atoms with van der Waals surface area (Å²) in [5.74, 6) is -2.46. The molecule has 1 atom stereocenters. The van der Waals surface area contributed by atoms with E-state index >= 15 is 0 Å². The summed E-state index contributed by atoms with van der Waals surface area (Å²) in [7, 11) is 0. The van der Waals surface area contributed by atoms with Gasteiger partial charge in [-0.2, -0.15) is 0 Å². The minimum absolute atomic E-state index is 0.0215. The second kappa shape index (κ2) is 10.2. The van der Waals surface area contributed by atoms with E-state index in [1.54, 1.807) is 0 Å². The van der Waals surface area contributed by atoms with Crippen LogP contribution in [0.1, 0.15) is 22.6 Å². The van der Waals surface area contributed by atoms with Crippen LogP contribution in [0.2, 0.25) is 0 Å². The fourth-order valence-corrected chi connectivity index (χ4v) is 4.10. The summed E-state index contributed by atoms with van der Waals surface area (Å²) in [6.07, 6.45) is -0.797. The van der Waals surface area contributed by atoms with Crippen molar-refractivity contribution >= 4 is 18.0 Å². The molecule has 7 nitrogen and oxygen atoms in total. The summed E-state index contributed by atoms with van der Waals surface area (Å²) < 4.78 is 18.4. The number of rotatable bonds is 8. The standard InChI is InChI=1S/C26H23FN2O5/c27-17-11-9-16(10-12-17)13-23(25(31)32)29-24(30)14-28-26(33)34-15-22-20-7-3-1-5-18(20)19-6-2-4-8-21(19)22/h1-12,22-23H,13-15H2,(H,28,33)(H,29,30)(H,31,32)/t23-/m0/s1. The van der Waals surface area contributed by atoms with Gasteiger partial charge in [0.15, 0.2) is 0 Å². The Bertz CT molecular complexity index is 1170. The number of carbonyl (C=O) groups is 3. The highest BCUT2D eigenvalue weighted by molar-refractivity contribution is 5.87. The van der Waals surface area contributed by atoms with Gasteiger partial charge in [0, 0.05) is 12.3 Å². The fourth-order valence-electron chi connectivity index (χ4n) is 4.10. The third-order valence-electron chi connectivity index (χ3n) is 5.72. The van der Waals surface area contributed by atoms with Gasteiger partial charge in [-0.15, -0.1) is 0 Å². The molecule has 0 aliphatic heterocycles. The van der Waals surface area contributed by atoms with Crippen LogP contribution in [0.15, 0.2) is 72.8 Å². The molecule has 3 N–H and O–H groups in total. The molecule has 34 heavy (non-hydrogen) atoms. The lowest BCUT2D eigenvalue weighted by Crippen LogP contribution is -2.46. The van der Waals surface area contributed by atoms with Crippen LogP contribution in [0.3, 0.4) is 0 Å². The summed E-state index contributed by atoms with van der Waals surface area (Å²) in [5.41, 5.74) is 4.90. The van der Waals surface area contributed by atoms with E-state index in [-0.39, 0.29) is 18.9 Å². The third kappa shape index (κ3) is 5.23. The zero-order valence-electron chi connectivity index (χ0n) is 18.2. The molecule has 2 amide bonds. The van der Waals surface area contributed by atoms with E-state index in [9.17, 15) is 23.9 Å². The van der Waals surface area contributed by atoms with Crippen LogP contribution in [0, 0.1) is 5.82 Å². The third-order valence-corrected chi connectivity index (χ3v) is 5.72. The van der Waals surface area contributed by atoms with Crippen LogP contribution in [0.25, 0.3) is 11.1 Å². The van der Waals surface area contributed by atoms with Crippen LogP contribution < -0.4 is 10.6 Å². The Balaban J connectivity index is 1.29. The number of carboxylic acid groups (broad SMARTS) is 1. The number of fused-ring (bicyclic) bond motifs is 3. The number of halogens is 1. The zero-order chi connectivity index (χ0) is 24.1. The number of aliphatic carboxylic acids is 1. The van der Waals surface area contributed by atoms with Gasteiger partial charge < -0.3 is 20.5 Å². The first kappa shape index (κ1) is 23.0. The van der Waals surface area contributed by atoms with Crippen molar-refractivity contribution in [3.05, 3.63) is 95.3 Å². The van der Waals surface area contributed by atoms with Gasteiger partial charge in [0.2, 0.25) is 5.91 Å². The molecule has 0 radical (unpaired) electrons. The summed E-state index contributed by atoms with van der Waals surface area (Å²) in [6.45, 7) is -0.340. The predicted molar refractivity (Wildman–Crippen MR) is 123 cm³/mol. The topological polar surface area (TPSA) is 105 Å². The monoisotopic (exact) mass is 462 g/mol. The quantitative estimate of drug-likeness (QED) is 0.476. The first-order valence-corrected chi connectivity index (χ1v) is 10.8. The summed E-state index contributed by atoms with van der Waals surface area (Å²) in [4.78, 5) is 35.9. The van der Waals surface area contributed by atoms with Crippen LogP contribution in [-0.2, 0) is 20.7 Å². The Morgan fingerprint density at radius 3 is 2.09 bits per heavy atom. The highest BCUT2D eigenvalue weighted by Crippen LogP contribution is 2.44.